The summed E-state index contributed by atoms with van der Waals surface area (Å²) in [6, 6.07) is 5.66. The first-order valence-corrected chi connectivity index (χ1v) is 4.14. The molecule has 0 aliphatic rings. The molecule has 0 heterocycles. The van der Waals surface area contributed by atoms with Gasteiger partial charge in [-0.1, -0.05) is 0 Å². The van der Waals surface area contributed by atoms with E-state index < -0.39 is 11.9 Å². The van der Waals surface area contributed by atoms with Gasteiger partial charge in [0.25, 0.3) is 0 Å². The number of aliphatic hydroxyl groups is 1. The Morgan fingerprint density at radius 3 is 2.86 bits per heavy atom. The highest BCUT2D eigenvalue weighted by Crippen LogP contribution is 2.15. The summed E-state index contributed by atoms with van der Waals surface area (Å²) >= 11 is 0. The molecule has 0 saturated heterocycles. The summed E-state index contributed by atoms with van der Waals surface area (Å²) in [6.45, 7) is 1.67. The Hall–Kier alpha value is -1.60. The average molecular weight is 195 g/mol. The molecule has 74 valence electrons. The molecule has 0 aliphatic heterocycles. The first-order valence-electron chi connectivity index (χ1n) is 4.14. The maximum absolute atomic E-state index is 13.0. The molecular formula is C10H10FNO2. The maximum Gasteiger partial charge on any atom is 0.144 e. The van der Waals surface area contributed by atoms with E-state index in [9.17, 15) is 4.39 Å². The number of nitrogens with zero attached hydrogens (tertiary/aromatic N) is 1. The Morgan fingerprint density at radius 1 is 1.64 bits per heavy atom. The summed E-state index contributed by atoms with van der Waals surface area (Å²) in [6.07, 6.45) is -0.603. The Balaban J connectivity index is 2.73. The molecule has 1 atom stereocenters. The lowest BCUT2D eigenvalue weighted by Crippen LogP contribution is -2.12. The molecule has 0 bridgehead atoms. The second kappa shape index (κ2) is 4.58. The smallest absolute Gasteiger partial charge is 0.144 e. The predicted molar refractivity (Wildman–Crippen MR) is 48.3 cm³/mol. The van der Waals surface area contributed by atoms with Gasteiger partial charge in [0.15, 0.2) is 0 Å². The molecule has 0 amide bonds. The topological polar surface area (TPSA) is 53.2 Å². The molecule has 0 aromatic heterocycles. The molecule has 1 N–H and O–H groups in total. The zero-order chi connectivity index (χ0) is 10.6. The normalized spacial score (nSPS) is 11.9. The third kappa shape index (κ3) is 2.71. The maximum atomic E-state index is 13.0. The van der Waals surface area contributed by atoms with E-state index in [1.807, 2.05) is 0 Å². The minimum absolute atomic E-state index is 0.0191. The summed E-state index contributed by atoms with van der Waals surface area (Å²) in [5, 5.41) is 17.4. The molecule has 14 heavy (non-hydrogen) atoms. The molecular weight excluding hydrogens is 185 g/mol. The van der Waals surface area contributed by atoms with Crippen LogP contribution in [0.25, 0.3) is 0 Å². The number of nitriles is 1. The van der Waals surface area contributed by atoms with E-state index in [0.717, 1.165) is 6.07 Å². The lowest BCUT2D eigenvalue weighted by atomic mass is 10.2. The van der Waals surface area contributed by atoms with Gasteiger partial charge in [-0.15, -0.1) is 0 Å². The second-order valence-corrected chi connectivity index (χ2v) is 2.91. The molecule has 1 aromatic rings. The first-order chi connectivity index (χ1) is 6.63. The quantitative estimate of drug-likeness (QED) is 0.794. The zero-order valence-electron chi connectivity index (χ0n) is 7.70. The van der Waals surface area contributed by atoms with Crippen LogP contribution in [0, 0.1) is 17.1 Å². The van der Waals surface area contributed by atoms with Crippen LogP contribution in [0.4, 0.5) is 4.39 Å². The van der Waals surface area contributed by atoms with Crippen LogP contribution in [0.3, 0.4) is 0 Å². The Kier molecular flexibility index (Phi) is 3.43. The van der Waals surface area contributed by atoms with E-state index in [1.165, 1.54) is 12.1 Å². The number of hydrogen-bond acceptors (Lipinski definition) is 3. The molecule has 0 fully saturated rings. The van der Waals surface area contributed by atoms with Gasteiger partial charge in [-0.2, -0.15) is 5.26 Å². The molecule has 1 aromatic carbocycles. The summed E-state index contributed by atoms with van der Waals surface area (Å²) in [5.74, 6) is -0.307. The van der Waals surface area contributed by atoms with Crippen LogP contribution < -0.4 is 4.74 Å². The highest BCUT2D eigenvalue weighted by Gasteiger charge is 2.04. The summed E-state index contributed by atoms with van der Waals surface area (Å²) in [5.41, 5.74) is -0.0191. The third-order valence-electron chi connectivity index (χ3n) is 1.55. The van der Waals surface area contributed by atoms with E-state index in [2.05, 4.69) is 0 Å². The Morgan fingerprint density at radius 2 is 2.36 bits per heavy atom. The van der Waals surface area contributed by atoms with Crippen molar-refractivity contribution in [2.75, 3.05) is 6.61 Å². The van der Waals surface area contributed by atoms with Gasteiger partial charge < -0.3 is 9.84 Å². The van der Waals surface area contributed by atoms with Gasteiger partial charge in [-0.3, -0.25) is 0 Å². The van der Waals surface area contributed by atoms with Crippen LogP contribution in [0.15, 0.2) is 18.2 Å². The van der Waals surface area contributed by atoms with E-state index in [0.29, 0.717) is 5.75 Å². The first kappa shape index (κ1) is 10.5. The fourth-order valence-corrected chi connectivity index (χ4v) is 0.893. The molecule has 1 rings (SSSR count). The third-order valence-corrected chi connectivity index (χ3v) is 1.55. The van der Waals surface area contributed by atoms with Gasteiger partial charge in [0.05, 0.1) is 11.7 Å². The summed E-state index contributed by atoms with van der Waals surface area (Å²) in [7, 11) is 0. The minimum Gasteiger partial charge on any atom is -0.491 e. The van der Waals surface area contributed by atoms with Crippen molar-refractivity contribution < 1.29 is 14.2 Å². The SMILES string of the molecule is CC(O)COc1ccc(C#N)c(F)c1. The average Bonchev–Trinajstić information content (AvgIpc) is 2.15. The fourth-order valence-electron chi connectivity index (χ4n) is 0.893. The van der Waals surface area contributed by atoms with E-state index in [-0.39, 0.29) is 12.2 Å². The lowest BCUT2D eigenvalue weighted by molar-refractivity contribution is 0.122. The van der Waals surface area contributed by atoms with Crippen molar-refractivity contribution in [3.05, 3.63) is 29.6 Å². The van der Waals surface area contributed by atoms with Crippen LogP contribution in [-0.2, 0) is 0 Å². The van der Waals surface area contributed by atoms with Crippen molar-refractivity contribution >= 4 is 0 Å². The minimum atomic E-state index is -0.615. The molecule has 3 nitrogen and oxygen atoms in total. The van der Waals surface area contributed by atoms with Crippen molar-refractivity contribution in [2.24, 2.45) is 0 Å². The van der Waals surface area contributed by atoms with Crippen molar-refractivity contribution in [3.63, 3.8) is 0 Å². The van der Waals surface area contributed by atoms with Crippen LogP contribution in [0.2, 0.25) is 0 Å². The standard InChI is InChI=1S/C10H10FNO2/c1-7(13)6-14-9-3-2-8(5-12)10(11)4-9/h2-4,7,13H,6H2,1H3. The predicted octanol–water partition coefficient (Wildman–Crippen LogP) is 1.46. The van der Waals surface area contributed by atoms with Crippen molar-refractivity contribution in [3.8, 4) is 11.8 Å². The highest BCUT2D eigenvalue weighted by atomic mass is 19.1. The molecule has 0 saturated carbocycles. The number of hydrogen-bond donors (Lipinski definition) is 1. The van der Waals surface area contributed by atoms with Gasteiger partial charge in [-0.05, 0) is 19.1 Å². The monoisotopic (exact) mass is 195 g/mol. The van der Waals surface area contributed by atoms with Crippen molar-refractivity contribution in [2.45, 2.75) is 13.0 Å². The fraction of sp³-hybridized carbons (Fsp3) is 0.300. The number of halogens is 1. The Labute approximate surface area is 81.4 Å². The summed E-state index contributed by atoms with van der Waals surface area (Å²) in [4.78, 5) is 0. The molecule has 0 spiro atoms. The van der Waals surface area contributed by atoms with Gasteiger partial charge in [0, 0.05) is 6.07 Å². The second-order valence-electron chi connectivity index (χ2n) is 2.91. The largest absolute Gasteiger partial charge is 0.491 e. The summed E-state index contributed by atoms with van der Waals surface area (Å²) < 4.78 is 18.1. The lowest BCUT2D eigenvalue weighted by Gasteiger charge is -2.07. The van der Waals surface area contributed by atoms with Crippen LogP contribution in [0.5, 0.6) is 5.75 Å². The van der Waals surface area contributed by atoms with Gasteiger partial charge in [0.2, 0.25) is 0 Å². The zero-order valence-corrected chi connectivity index (χ0v) is 7.70. The molecule has 0 aliphatic carbocycles. The number of ether oxygens (including phenoxy) is 1. The van der Waals surface area contributed by atoms with E-state index >= 15 is 0 Å². The van der Waals surface area contributed by atoms with Crippen molar-refractivity contribution in [1.82, 2.24) is 0 Å². The van der Waals surface area contributed by atoms with Gasteiger partial charge >= 0.3 is 0 Å². The van der Waals surface area contributed by atoms with Crippen molar-refractivity contribution in [1.29, 1.82) is 5.26 Å². The molecule has 1 unspecified atom stereocenters. The number of benzene rings is 1. The van der Waals surface area contributed by atoms with Gasteiger partial charge in [0.1, 0.15) is 24.2 Å². The number of rotatable bonds is 3. The van der Waals surface area contributed by atoms with Crippen LogP contribution in [0.1, 0.15) is 12.5 Å². The number of aliphatic hydroxyl groups excluding tert-OH is 1. The van der Waals surface area contributed by atoms with E-state index in [1.54, 1.807) is 13.0 Å². The van der Waals surface area contributed by atoms with Crippen LogP contribution >= 0.6 is 0 Å². The van der Waals surface area contributed by atoms with Gasteiger partial charge in [-0.25, -0.2) is 4.39 Å². The van der Waals surface area contributed by atoms with E-state index in [4.69, 9.17) is 15.1 Å². The van der Waals surface area contributed by atoms with Crippen LogP contribution in [-0.4, -0.2) is 17.8 Å². The Bertz CT molecular complexity index is 358. The molecule has 0 radical (unpaired) electrons. The highest BCUT2D eigenvalue weighted by molar-refractivity contribution is 5.36. The molecule has 4 heteroatoms.